The first-order valence-corrected chi connectivity index (χ1v) is 11.5. The molecule has 4 aliphatic rings. The van der Waals surface area contributed by atoms with E-state index in [1.165, 1.54) is 7.11 Å². The van der Waals surface area contributed by atoms with E-state index in [9.17, 15) is 14.7 Å². The van der Waals surface area contributed by atoms with Crippen molar-refractivity contribution in [2.24, 2.45) is 11.3 Å². The first-order chi connectivity index (χ1) is 15.9. The van der Waals surface area contributed by atoms with Crippen LogP contribution in [0.5, 0.6) is 6.01 Å². The van der Waals surface area contributed by atoms with Crippen LogP contribution < -0.4 is 9.64 Å². The fourth-order valence-electron chi connectivity index (χ4n) is 5.75. The fourth-order valence-corrected chi connectivity index (χ4v) is 5.75. The van der Waals surface area contributed by atoms with E-state index in [2.05, 4.69) is 14.9 Å². The maximum atomic E-state index is 13.3. The Hall–Kier alpha value is -2.78. The van der Waals surface area contributed by atoms with E-state index in [1.807, 2.05) is 6.92 Å². The van der Waals surface area contributed by atoms with Crippen LogP contribution in [0.4, 0.5) is 5.82 Å². The number of hydrogen-bond donors (Lipinski definition) is 1. The number of likely N-dealkylation sites (tertiary alicyclic amines) is 1. The average Bonchev–Trinajstić information content (AvgIpc) is 3.41. The summed E-state index contributed by atoms with van der Waals surface area (Å²) in [4.78, 5) is 38.3. The molecule has 1 amide bonds. The highest BCUT2D eigenvalue weighted by Gasteiger charge is 2.49. The van der Waals surface area contributed by atoms with Crippen LogP contribution in [0.25, 0.3) is 0 Å². The SMILES string of the molecule is COc1nccc(N2CCC3(CCN(C[C@H](O)C4C(=O)CC5=COCC5=C4C)CC3)C2=O)n1. The Bertz CT molecular complexity index is 1030. The summed E-state index contributed by atoms with van der Waals surface area (Å²) in [5.74, 6) is 0.249. The number of fused-ring (bicyclic) bond motifs is 1. The predicted molar refractivity (Wildman–Crippen MR) is 120 cm³/mol. The van der Waals surface area contributed by atoms with Crippen LogP contribution in [0.1, 0.15) is 32.6 Å². The number of aliphatic hydroxyl groups excluding tert-OH is 1. The second kappa shape index (κ2) is 8.53. The van der Waals surface area contributed by atoms with Gasteiger partial charge in [-0.1, -0.05) is 5.57 Å². The number of Topliss-reactive ketones (excluding diaryl/α,β-unsaturated/α-hetero) is 1. The van der Waals surface area contributed by atoms with E-state index in [4.69, 9.17) is 9.47 Å². The molecule has 0 aromatic carbocycles. The number of ketones is 1. The van der Waals surface area contributed by atoms with Crippen molar-refractivity contribution in [1.82, 2.24) is 14.9 Å². The van der Waals surface area contributed by atoms with E-state index in [0.29, 0.717) is 45.0 Å². The molecule has 1 aromatic heterocycles. The number of carbonyl (C=O) groups excluding carboxylic acids is 2. The smallest absolute Gasteiger partial charge is 0.318 e. The minimum atomic E-state index is -0.759. The summed E-state index contributed by atoms with van der Waals surface area (Å²) in [7, 11) is 1.51. The molecule has 2 fully saturated rings. The van der Waals surface area contributed by atoms with Gasteiger partial charge in [0.2, 0.25) is 5.91 Å². The molecule has 1 aromatic rings. The minimum absolute atomic E-state index is 0.0517. The second-order valence-electron chi connectivity index (χ2n) is 9.49. The van der Waals surface area contributed by atoms with Crippen molar-refractivity contribution in [2.75, 3.05) is 44.8 Å². The van der Waals surface area contributed by atoms with Gasteiger partial charge >= 0.3 is 6.01 Å². The van der Waals surface area contributed by atoms with Crippen molar-refractivity contribution >= 4 is 17.5 Å². The van der Waals surface area contributed by atoms with Crippen LogP contribution in [0.2, 0.25) is 0 Å². The highest BCUT2D eigenvalue weighted by atomic mass is 16.5. The molecule has 0 bridgehead atoms. The molecule has 1 spiro atoms. The normalized spacial score (nSPS) is 25.8. The van der Waals surface area contributed by atoms with Gasteiger partial charge in [-0.3, -0.25) is 14.5 Å². The van der Waals surface area contributed by atoms with E-state index in [-0.39, 0.29) is 23.1 Å². The van der Waals surface area contributed by atoms with E-state index in [0.717, 1.165) is 36.0 Å². The average molecular weight is 455 g/mol. The van der Waals surface area contributed by atoms with Gasteiger partial charge in [-0.25, -0.2) is 4.98 Å². The first kappa shape index (κ1) is 22.0. The molecule has 1 N–H and O–H groups in total. The van der Waals surface area contributed by atoms with Gasteiger partial charge in [0.05, 0.1) is 30.8 Å². The summed E-state index contributed by atoms with van der Waals surface area (Å²) < 4.78 is 10.5. The number of aromatic nitrogens is 2. The molecule has 2 atom stereocenters. The number of aliphatic hydroxyl groups is 1. The highest BCUT2D eigenvalue weighted by molar-refractivity contribution is 5.99. The van der Waals surface area contributed by atoms with Crippen LogP contribution in [0.3, 0.4) is 0 Å². The van der Waals surface area contributed by atoms with E-state index < -0.39 is 12.0 Å². The molecule has 5 rings (SSSR count). The Kier molecular flexibility index (Phi) is 5.70. The number of piperidine rings is 1. The molecule has 176 valence electrons. The lowest BCUT2D eigenvalue weighted by atomic mass is 9.76. The Morgan fingerprint density at radius 3 is 2.79 bits per heavy atom. The van der Waals surface area contributed by atoms with Crippen molar-refractivity contribution in [2.45, 2.75) is 38.7 Å². The van der Waals surface area contributed by atoms with Crippen LogP contribution in [-0.2, 0) is 14.3 Å². The van der Waals surface area contributed by atoms with Gasteiger partial charge in [-0.2, -0.15) is 4.98 Å². The van der Waals surface area contributed by atoms with Crippen LogP contribution in [0.15, 0.2) is 35.2 Å². The third kappa shape index (κ3) is 3.83. The third-order valence-electron chi connectivity index (χ3n) is 7.73. The molecular formula is C24H30N4O5. The van der Waals surface area contributed by atoms with Gasteiger partial charge in [-0.15, -0.1) is 0 Å². The molecule has 4 heterocycles. The Labute approximate surface area is 193 Å². The lowest BCUT2D eigenvalue weighted by Crippen LogP contribution is -2.48. The van der Waals surface area contributed by atoms with Crippen LogP contribution in [-0.4, -0.2) is 77.7 Å². The zero-order valence-corrected chi connectivity index (χ0v) is 19.1. The zero-order valence-electron chi connectivity index (χ0n) is 19.1. The van der Waals surface area contributed by atoms with Crippen molar-refractivity contribution in [3.8, 4) is 6.01 Å². The second-order valence-corrected chi connectivity index (χ2v) is 9.49. The lowest BCUT2D eigenvalue weighted by Gasteiger charge is -2.39. The first-order valence-electron chi connectivity index (χ1n) is 11.5. The molecular weight excluding hydrogens is 424 g/mol. The molecule has 2 saturated heterocycles. The zero-order chi connectivity index (χ0) is 23.2. The van der Waals surface area contributed by atoms with Gasteiger partial charge in [0.1, 0.15) is 18.2 Å². The van der Waals surface area contributed by atoms with Crippen molar-refractivity contribution < 1.29 is 24.2 Å². The maximum Gasteiger partial charge on any atom is 0.318 e. The predicted octanol–water partition coefficient (Wildman–Crippen LogP) is 1.48. The number of amides is 1. The molecule has 1 unspecified atom stereocenters. The Balaban J connectivity index is 1.22. The number of ether oxygens (including phenoxy) is 2. The highest BCUT2D eigenvalue weighted by Crippen LogP contribution is 2.43. The summed E-state index contributed by atoms with van der Waals surface area (Å²) >= 11 is 0. The monoisotopic (exact) mass is 454 g/mol. The number of nitrogens with zero attached hydrogens (tertiary/aromatic N) is 4. The van der Waals surface area contributed by atoms with Gasteiger partial charge in [0, 0.05) is 31.3 Å². The molecule has 1 aliphatic carbocycles. The molecule has 9 nitrogen and oxygen atoms in total. The molecule has 3 aliphatic heterocycles. The number of rotatable bonds is 5. The summed E-state index contributed by atoms with van der Waals surface area (Å²) in [5, 5.41) is 11.0. The molecule has 0 saturated carbocycles. The number of anilines is 1. The Morgan fingerprint density at radius 2 is 2.03 bits per heavy atom. The summed E-state index contributed by atoms with van der Waals surface area (Å²) in [6, 6.07) is 1.98. The van der Waals surface area contributed by atoms with Crippen molar-refractivity contribution in [3.05, 3.63) is 35.2 Å². The molecule has 0 radical (unpaired) electrons. The maximum absolute atomic E-state index is 13.3. The van der Waals surface area contributed by atoms with Crippen LogP contribution >= 0.6 is 0 Å². The van der Waals surface area contributed by atoms with Gasteiger partial charge in [-0.05, 0) is 50.9 Å². The van der Waals surface area contributed by atoms with Gasteiger partial charge < -0.3 is 19.5 Å². The summed E-state index contributed by atoms with van der Waals surface area (Å²) in [6.07, 6.45) is 5.09. The third-order valence-corrected chi connectivity index (χ3v) is 7.73. The van der Waals surface area contributed by atoms with E-state index >= 15 is 0 Å². The van der Waals surface area contributed by atoms with Crippen LogP contribution in [0, 0.1) is 11.3 Å². The Morgan fingerprint density at radius 1 is 1.27 bits per heavy atom. The summed E-state index contributed by atoms with van der Waals surface area (Å²) in [5.41, 5.74) is 2.55. The van der Waals surface area contributed by atoms with Crippen molar-refractivity contribution in [1.29, 1.82) is 0 Å². The standard InChI is InChI=1S/C24H30N4O5/c1-15-17-14-33-13-16(17)11-18(29)21(15)19(30)12-27-8-4-24(5-9-27)6-10-28(22(24)31)20-3-7-25-23(26-20)32-2/h3,7,13,19,21,30H,4-6,8-12,14H2,1-2H3/t19-,21?/m0/s1. The number of carbonyl (C=O) groups is 2. The number of methoxy groups -OCH3 is 1. The van der Waals surface area contributed by atoms with E-state index in [1.54, 1.807) is 23.4 Å². The minimum Gasteiger partial charge on any atom is -0.496 e. The number of β-amino-alcohol motifs (C(OH)–C–C–N with tert-alkyl or cyclic N) is 1. The molecule has 33 heavy (non-hydrogen) atoms. The number of hydrogen-bond acceptors (Lipinski definition) is 8. The fraction of sp³-hybridized carbons (Fsp3) is 0.583. The lowest BCUT2D eigenvalue weighted by molar-refractivity contribution is -0.128. The largest absolute Gasteiger partial charge is 0.496 e. The molecule has 9 heteroatoms. The van der Waals surface area contributed by atoms with Crippen molar-refractivity contribution in [3.63, 3.8) is 0 Å². The summed E-state index contributed by atoms with van der Waals surface area (Å²) in [6.45, 7) is 4.91. The quantitative estimate of drug-likeness (QED) is 0.714. The topological polar surface area (TPSA) is 105 Å². The van der Waals surface area contributed by atoms with Gasteiger partial charge in [0.25, 0.3) is 0 Å². The van der Waals surface area contributed by atoms with Gasteiger partial charge in [0.15, 0.2) is 0 Å².